The molecule has 0 aromatic heterocycles. The molecule has 0 heterocycles. The summed E-state index contributed by atoms with van der Waals surface area (Å²) in [4.78, 5) is 0.0303. The molecule has 2 N–H and O–H groups in total. The summed E-state index contributed by atoms with van der Waals surface area (Å²) in [7, 11) is -2.29. The molecule has 0 unspecified atom stereocenters. The van der Waals surface area contributed by atoms with Crippen LogP contribution in [-0.4, -0.2) is 34.7 Å². The Hall–Kier alpha value is -1.62. The van der Waals surface area contributed by atoms with E-state index in [0.717, 1.165) is 6.54 Å². The monoisotopic (exact) mass is 297 g/mol. The predicted octanol–water partition coefficient (Wildman–Crippen LogP) is 0.843. The molecular weight excluding hydrogens is 278 g/mol. The van der Waals surface area contributed by atoms with Crippen LogP contribution in [0.2, 0.25) is 0 Å². The lowest BCUT2D eigenvalue weighted by Crippen LogP contribution is -2.38. The zero-order valence-electron chi connectivity index (χ0n) is 11.8. The Bertz CT molecular complexity index is 593. The Morgan fingerprint density at radius 1 is 1.45 bits per heavy atom. The van der Waals surface area contributed by atoms with Gasteiger partial charge in [-0.2, -0.15) is 5.26 Å². The topological polar surface area (TPSA) is 91.2 Å². The van der Waals surface area contributed by atoms with Crippen molar-refractivity contribution in [2.45, 2.75) is 24.8 Å². The summed E-state index contributed by atoms with van der Waals surface area (Å²) in [5.41, 5.74) is 0.349. The Morgan fingerprint density at radius 3 is 2.70 bits per heavy atom. The molecule has 0 amide bonds. The number of rotatable bonds is 7. The minimum Gasteiger partial charge on any atom is -0.495 e. The van der Waals surface area contributed by atoms with E-state index in [-0.39, 0.29) is 23.2 Å². The van der Waals surface area contributed by atoms with Crippen molar-refractivity contribution < 1.29 is 13.2 Å². The third-order valence-electron chi connectivity index (χ3n) is 2.71. The summed E-state index contributed by atoms with van der Waals surface area (Å²) < 4.78 is 32.0. The number of sulfonamides is 1. The Morgan fingerprint density at radius 2 is 2.15 bits per heavy atom. The van der Waals surface area contributed by atoms with Crippen LogP contribution in [0.3, 0.4) is 0 Å². The van der Waals surface area contributed by atoms with Crippen molar-refractivity contribution in [1.29, 1.82) is 5.26 Å². The summed E-state index contributed by atoms with van der Waals surface area (Å²) in [6.07, 6.45) is 0. The lowest BCUT2D eigenvalue weighted by Gasteiger charge is -2.15. The van der Waals surface area contributed by atoms with Crippen LogP contribution >= 0.6 is 0 Å². The maximum absolute atomic E-state index is 12.2. The lowest BCUT2D eigenvalue weighted by atomic mass is 10.2. The number of ether oxygens (including phenoxy) is 1. The fourth-order valence-corrected chi connectivity index (χ4v) is 2.97. The van der Waals surface area contributed by atoms with E-state index in [1.54, 1.807) is 0 Å². The van der Waals surface area contributed by atoms with Gasteiger partial charge < -0.3 is 10.1 Å². The third kappa shape index (κ3) is 4.20. The molecule has 110 valence electrons. The number of hydrogen-bond acceptors (Lipinski definition) is 5. The van der Waals surface area contributed by atoms with E-state index in [1.165, 1.54) is 25.3 Å². The van der Waals surface area contributed by atoms with Gasteiger partial charge in [0, 0.05) is 12.6 Å². The summed E-state index contributed by atoms with van der Waals surface area (Å²) in [6, 6.07) is 6.20. The van der Waals surface area contributed by atoms with Gasteiger partial charge in [-0.15, -0.1) is 0 Å². The second-order valence-corrected chi connectivity index (χ2v) is 6.02. The van der Waals surface area contributed by atoms with Crippen molar-refractivity contribution in [3.05, 3.63) is 23.8 Å². The maximum Gasteiger partial charge on any atom is 0.244 e. The smallest absolute Gasteiger partial charge is 0.244 e. The first-order valence-electron chi connectivity index (χ1n) is 6.25. The summed E-state index contributed by atoms with van der Waals surface area (Å²) in [5.74, 6) is 0.160. The second-order valence-electron chi connectivity index (χ2n) is 4.29. The van der Waals surface area contributed by atoms with Crippen molar-refractivity contribution >= 4 is 10.0 Å². The van der Waals surface area contributed by atoms with Crippen molar-refractivity contribution in [3.63, 3.8) is 0 Å². The molecule has 0 saturated carbocycles. The molecule has 20 heavy (non-hydrogen) atoms. The van der Waals surface area contributed by atoms with Gasteiger partial charge in [-0.3, -0.25) is 0 Å². The molecule has 1 aromatic carbocycles. The molecule has 0 bridgehead atoms. The number of likely N-dealkylation sites (N-methyl/N-ethyl adjacent to an activating group) is 1. The molecule has 1 rings (SSSR count). The first kappa shape index (κ1) is 16.4. The number of nitrogens with zero attached hydrogens (tertiary/aromatic N) is 1. The zero-order valence-corrected chi connectivity index (χ0v) is 12.6. The molecule has 0 aliphatic heterocycles. The fourth-order valence-electron chi connectivity index (χ4n) is 1.69. The van der Waals surface area contributed by atoms with Gasteiger partial charge in [0.15, 0.2) is 0 Å². The van der Waals surface area contributed by atoms with Crippen LogP contribution in [0.4, 0.5) is 0 Å². The van der Waals surface area contributed by atoms with Gasteiger partial charge in [0.1, 0.15) is 10.6 Å². The van der Waals surface area contributed by atoms with E-state index >= 15 is 0 Å². The van der Waals surface area contributed by atoms with E-state index in [2.05, 4.69) is 10.0 Å². The van der Waals surface area contributed by atoms with Gasteiger partial charge >= 0.3 is 0 Å². The average Bonchev–Trinajstić information content (AvgIpc) is 2.44. The number of nitrogens with one attached hydrogen (secondary N) is 2. The fraction of sp³-hybridized carbons (Fsp3) is 0.462. The largest absolute Gasteiger partial charge is 0.495 e. The van der Waals surface area contributed by atoms with Gasteiger partial charge in [-0.25, -0.2) is 13.1 Å². The van der Waals surface area contributed by atoms with Crippen LogP contribution in [0.25, 0.3) is 0 Å². The van der Waals surface area contributed by atoms with Crippen LogP contribution in [0, 0.1) is 11.3 Å². The molecule has 1 aromatic rings. The van der Waals surface area contributed by atoms with E-state index < -0.39 is 10.0 Å². The molecule has 0 radical (unpaired) electrons. The Kier molecular flexibility index (Phi) is 5.95. The first-order valence-corrected chi connectivity index (χ1v) is 7.74. The van der Waals surface area contributed by atoms with Crippen LogP contribution in [0.15, 0.2) is 23.1 Å². The number of nitriles is 1. The van der Waals surface area contributed by atoms with Crippen molar-refractivity contribution in [2.75, 3.05) is 20.2 Å². The molecule has 6 nitrogen and oxygen atoms in total. The highest BCUT2D eigenvalue weighted by Gasteiger charge is 2.20. The van der Waals surface area contributed by atoms with Crippen molar-refractivity contribution in [2.24, 2.45) is 0 Å². The Labute approximate surface area is 119 Å². The minimum atomic E-state index is -3.67. The minimum absolute atomic E-state index is 0.0270. The van der Waals surface area contributed by atoms with Gasteiger partial charge in [-0.1, -0.05) is 6.92 Å². The van der Waals surface area contributed by atoms with Gasteiger partial charge in [0.05, 0.1) is 18.7 Å². The van der Waals surface area contributed by atoms with Crippen LogP contribution in [-0.2, 0) is 10.0 Å². The van der Waals surface area contributed by atoms with Gasteiger partial charge in [0.2, 0.25) is 10.0 Å². The molecule has 1 atom stereocenters. The predicted molar refractivity (Wildman–Crippen MR) is 76.0 cm³/mol. The molecule has 0 aliphatic rings. The molecular formula is C13H19N3O3S. The van der Waals surface area contributed by atoms with Gasteiger partial charge in [-0.05, 0) is 31.7 Å². The highest BCUT2D eigenvalue weighted by atomic mass is 32.2. The quantitative estimate of drug-likeness (QED) is 0.778. The SMILES string of the molecule is CCN[C@H](C)CNS(=O)(=O)c1ccc(C#N)cc1OC. The van der Waals surface area contributed by atoms with E-state index in [0.29, 0.717) is 5.56 Å². The highest BCUT2D eigenvalue weighted by Crippen LogP contribution is 2.24. The molecule has 0 spiro atoms. The standard InChI is InChI=1S/C13H19N3O3S/c1-4-15-10(2)9-16-20(17,18)13-6-5-11(8-14)7-12(13)19-3/h5-7,10,15-16H,4,9H2,1-3H3/t10-/m1/s1. The van der Waals surface area contributed by atoms with Crippen LogP contribution in [0.1, 0.15) is 19.4 Å². The maximum atomic E-state index is 12.2. The lowest BCUT2D eigenvalue weighted by molar-refractivity contribution is 0.402. The molecule has 0 saturated heterocycles. The number of methoxy groups -OCH3 is 1. The second kappa shape index (κ2) is 7.24. The summed E-state index contributed by atoms with van der Waals surface area (Å²) >= 11 is 0. The zero-order chi connectivity index (χ0) is 15.2. The molecule has 0 aliphatic carbocycles. The normalized spacial score (nSPS) is 12.7. The van der Waals surface area contributed by atoms with Crippen molar-refractivity contribution in [1.82, 2.24) is 10.0 Å². The van der Waals surface area contributed by atoms with Crippen molar-refractivity contribution in [3.8, 4) is 11.8 Å². The Balaban J connectivity index is 2.95. The summed E-state index contributed by atoms with van der Waals surface area (Å²) in [5, 5.41) is 11.9. The van der Waals surface area contributed by atoms with Gasteiger partial charge in [0.25, 0.3) is 0 Å². The van der Waals surface area contributed by atoms with E-state index in [4.69, 9.17) is 10.00 Å². The van der Waals surface area contributed by atoms with Crippen LogP contribution in [0.5, 0.6) is 5.75 Å². The first-order chi connectivity index (χ1) is 9.44. The molecule has 7 heteroatoms. The van der Waals surface area contributed by atoms with E-state index in [9.17, 15) is 8.42 Å². The third-order valence-corrected chi connectivity index (χ3v) is 4.18. The van der Waals surface area contributed by atoms with E-state index in [1.807, 2.05) is 19.9 Å². The average molecular weight is 297 g/mol. The number of benzene rings is 1. The highest BCUT2D eigenvalue weighted by molar-refractivity contribution is 7.89. The molecule has 0 fully saturated rings. The number of hydrogen-bond donors (Lipinski definition) is 2. The van der Waals surface area contributed by atoms with Crippen LogP contribution < -0.4 is 14.8 Å². The summed E-state index contributed by atoms with van der Waals surface area (Å²) in [6.45, 7) is 4.89.